The number of hydrogen-bond donors (Lipinski definition) is 3. The Morgan fingerprint density at radius 1 is 1.03 bits per heavy atom. The van der Waals surface area contributed by atoms with Gasteiger partial charge in [0, 0.05) is 41.5 Å². The van der Waals surface area contributed by atoms with Crippen molar-refractivity contribution < 1.29 is 4.79 Å². The van der Waals surface area contributed by atoms with Crippen LogP contribution in [0.25, 0.3) is 16.6 Å². The Hall–Kier alpha value is -4.13. The summed E-state index contributed by atoms with van der Waals surface area (Å²) in [6, 6.07) is 18.6. The molecule has 3 heterocycles. The van der Waals surface area contributed by atoms with Crippen LogP contribution in [0.15, 0.2) is 77.9 Å². The lowest BCUT2D eigenvalue weighted by molar-refractivity contribution is 0.102. The number of carbonyl (C=O) groups excluding carboxylic acids is 1. The summed E-state index contributed by atoms with van der Waals surface area (Å²) in [5.74, 6) is -0.328. The molecule has 0 aliphatic carbocycles. The SMILES string of the molecule is O=C(Nc1ccccc1)c1c[nH]n2c(=O)cc(Cc3c[nH]c4ccccc34)nc12. The number of carbonyl (C=O) groups is 1. The molecule has 5 rings (SSSR count). The fourth-order valence-corrected chi connectivity index (χ4v) is 3.48. The third-order valence-electron chi connectivity index (χ3n) is 4.87. The van der Waals surface area contributed by atoms with Crippen molar-refractivity contribution in [3.05, 3.63) is 100 Å². The first-order valence-corrected chi connectivity index (χ1v) is 9.20. The first kappa shape index (κ1) is 17.0. The summed E-state index contributed by atoms with van der Waals surface area (Å²) in [5, 5.41) is 6.73. The lowest BCUT2D eigenvalue weighted by atomic mass is 10.1. The molecule has 3 N–H and O–H groups in total. The van der Waals surface area contributed by atoms with Gasteiger partial charge in [0.15, 0.2) is 5.65 Å². The normalized spacial score (nSPS) is 11.2. The number of rotatable bonds is 4. The van der Waals surface area contributed by atoms with E-state index < -0.39 is 0 Å². The first-order valence-electron chi connectivity index (χ1n) is 9.20. The van der Waals surface area contributed by atoms with Crippen molar-refractivity contribution in [2.24, 2.45) is 0 Å². The van der Waals surface area contributed by atoms with Crippen LogP contribution >= 0.6 is 0 Å². The molecular formula is C22H17N5O2. The van der Waals surface area contributed by atoms with E-state index in [0.29, 0.717) is 29.0 Å². The van der Waals surface area contributed by atoms with Gasteiger partial charge in [-0.2, -0.15) is 0 Å². The Labute approximate surface area is 165 Å². The fraction of sp³-hybridized carbons (Fsp3) is 0.0455. The predicted octanol–water partition coefficient (Wildman–Crippen LogP) is 3.35. The molecule has 7 heteroatoms. The topological polar surface area (TPSA) is 95.0 Å². The second-order valence-electron chi connectivity index (χ2n) is 6.79. The Balaban J connectivity index is 1.52. The predicted molar refractivity (Wildman–Crippen MR) is 111 cm³/mol. The van der Waals surface area contributed by atoms with Crippen molar-refractivity contribution in [2.75, 3.05) is 5.32 Å². The molecule has 29 heavy (non-hydrogen) atoms. The van der Waals surface area contributed by atoms with Gasteiger partial charge in [0.05, 0.1) is 5.69 Å². The number of H-pyrrole nitrogens is 2. The van der Waals surface area contributed by atoms with E-state index in [2.05, 4.69) is 20.4 Å². The quantitative estimate of drug-likeness (QED) is 0.444. The maximum atomic E-state index is 12.7. The second-order valence-corrected chi connectivity index (χ2v) is 6.79. The van der Waals surface area contributed by atoms with Crippen LogP contribution in [0.4, 0.5) is 5.69 Å². The molecule has 0 saturated carbocycles. The van der Waals surface area contributed by atoms with Crippen LogP contribution in [-0.4, -0.2) is 25.5 Å². The Bertz CT molecular complexity index is 1400. The maximum absolute atomic E-state index is 12.7. The average molecular weight is 383 g/mol. The number of amides is 1. The van der Waals surface area contributed by atoms with E-state index in [0.717, 1.165) is 16.5 Å². The molecule has 7 nitrogen and oxygen atoms in total. The van der Waals surface area contributed by atoms with Gasteiger partial charge in [-0.1, -0.05) is 36.4 Å². The molecule has 1 amide bonds. The molecule has 2 aromatic carbocycles. The molecule has 0 saturated heterocycles. The summed E-state index contributed by atoms with van der Waals surface area (Å²) >= 11 is 0. The maximum Gasteiger partial charge on any atom is 0.272 e. The lowest BCUT2D eigenvalue weighted by Gasteiger charge is -2.04. The summed E-state index contributed by atoms with van der Waals surface area (Å²) < 4.78 is 1.28. The highest BCUT2D eigenvalue weighted by Gasteiger charge is 2.16. The van der Waals surface area contributed by atoms with Gasteiger partial charge in [-0.3, -0.25) is 14.7 Å². The molecule has 5 aromatic rings. The van der Waals surface area contributed by atoms with Gasteiger partial charge in [0.25, 0.3) is 11.5 Å². The largest absolute Gasteiger partial charge is 0.361 e. The van der Waals surface area contributed by atoms with Gasteiger partial charge in [-0.25, -0.2) is 9.50 Å². The van der Waals surface area contributed by atoms with Crippen LogP contribution in [0.5, 0.6) is 0 Å². The third-order valence-corrected chi connectivity index (χ3v) is 4.87. The molecule has 0 aliphatic rings. The van der Waals surface area contributed by atoms with Gasteiger partial charge < -0.3 is 10.3 Å². The summed E-state index contributed by atoms with van der Waals surface area (Å²) in [5.41, 5.74) is 3.71. The van der Waals surface area contributed by atoms with Gasteiger partial charge >= 0.3 is 0 Å². The van der Waals surface area contributed by atoms with E-state index in [4.69, 9.17) is 0 Å². The van der Waals surface area contributed by atoms with Gasteiger partial charge in [-0.15, -0.1) is 0 Å². The van der Waals surface area contributed by atoms with Gasteiger partial charge in [0.1, 0.15) is 5.56 Å². The van der Waals surface area contributed by atoms with Gasteiger partial charge in [-0.05, 0) is 23.8 Å². The molecule has 0 unspecified atom stereocenters. The number of hydrogen-bond acceptors (Lipinski definition) is 3. The van der Waals surface area contributed by atoms with Crippen molar-refractivity contribution in [1.82, 2.24) is 19.6 Å². The smallest absolute Gasteiger partial charge is 0.272 e. The summed E-state index contributed by atoms with van der Waals surface area (Å²) in [6.45, 7) is 0. The molecule has 0 atom stereocenters. The third kappa shape index (κ3) is 3.08. The van der Waals surface area contributed by atoms with E-state index in [1.165, 1.54) is 16.8 Å². The van der Waals surface area contributed by atoms with Crippen molar-refractivity contribution in [1.29, 1.82) is 0 Å². The molecule has 0 spiro atoms. The molecule has 0 bridgehead atoms. The summed E-state index contributed by atoms with van der Waals surface area (Å²) in [4.78, 5) is 33.1. The number of benzene rings is 2. The highest BCUT2D eigenvalue weighted by molar-refractivity contribution is 6.08. The van der Waals surface area contributed by atoms with Crippen molar-refractivity contribution >= 4 is 28.1 Å². The minimum atomic E-state index is -0.328. The van der Waals surface area contributed by atoms with Crippen LogP contribution in [0, 0.1) is 0 Å². The number of aromatic nitrogens is 4. The van der Waals surface area contributed by atoms with E-state index >= 15 is 0 Å². The van der Waals surface area contributed by atoms with Gasteiger partial charge in [0.2, 0.25) is 0 Å². The number of nitrogens with zero attached hydrogens (tertiary/aromatic N) is 2. The second kappa shape index (κ2) is 6.79. The highest BCUT2D eigenvalue weighted by Crippen LogP contribution is 2.20. The van der Waals surface area contributed by atoms with Crippen molar-refractivity contribution in [3.8, 4) is 0 Å². The highest BCUT2D eigenvalue weighted by atomic mass is 16.2. The Kier molecular flexibility index (Phi) is 3.98. The minimum Gasteiger partial charge on any atom is -0.361 e. The molecule has 0 radical (unpaired) electrons. The summed E-state index contributed by atoms with van der Waals surface area (Å²) in [6.07, 6.45) is 3.91. The van der Waals surface area contributed by atoms with Crippen LogP contribution in [0.3, 0.4) is 0 Å². The summed E-state index contributed by atoms with van der Waals surface area (Å²) in [7, 11) is 0. The molecule has 142 valence electrons. The number of fused-ring (bicyclic) bond motifs is 2. The lowest BCUT2D eigenvalue weighted by Crippen LogP contribution is -2.17. The van der Waals surface area contributed by atoms with E-state index in [1.54, 1.807) is 12.1 Å². The van der Waals surface area contributed by atoms with E-state index in [1.807, 2.05) is 48.7 Å². The van der Waals surface area contributed by atoms with E-state index in [-0.39, 0.29) is 11.5 Å². The average Bonchev–Trinajstić information content (AvgIpc) is 3.34. The molecule has 0 aliphatic heterocycles. The van der Waals surface area contributed by atoms with Crippen molar-refractivity contribution in [2.45, 2.75) is 6.42 Å². The number of anilines is 1. The van der Waals surface area contributed by atoms with Crippen LogP contribution in [-0.2, 0) is 6.42 Å². The zero-order chi connectivity index (χ0) is 19.8. The van der Waals surface area contributed by atoms with E-state index in [9.17, 15) is 9.59 Å². The molecule has 3 aromatic heterocycles. The van der Waals surface area contributed by atoms with Crippen molar-refractivity contribution in [3.63, 3.8) is 0 Å². The monoisotopic (exact) mass is 383 g/mol. The Morgan fingerprint density at radius 3 is 2.69 bits per heavy atom. The van der Waals surface area contributed by atoms with Crippen LogP contribution in [0.1, 0.15) is 21.6 Å². The standard InChI is InChI=1S/C22H17N5O2/c28-20-11-16(10-14-12-23-19-9-5-4-8-17(14)19)25-21-18(13-24-27(20)21)22(29)26-15-6-2-1-3-7-15/h1-9,11-13,23-24H,10H2,(H,26,29). The fourth-order valence-electron chi connectivity index (χ4n) is 3.48. The van der Waals surface area contributed by atoms with Crippen LogP contribution in [0.2, 0.25) is 0 Å². The minimum absolute atomic E-state index is 0.261. The molecular weight excluding hydrogens is 366 g/mol. The zero-order valence-corrected chi connectivity index (χ0v) is 15.3. The Morgan fingerprint density at radius 2 is 1.83 bits per heavy atom. The number of para-hydroxylation sites is 2. The first-order chi connectivity index (χ1) is 14.2. The number of nitrogens with one attached hydrogen (secondary N) is 3. The number of aromatic amines is 2. The molecule has 0 fully saturated rings. The zero-order valence-electron chi connectivity index (χ0n) is 15.3. The van der Waals surface area contributed by atoms with Crippen LogP contribution < -0.4 is 10.9 Å².